The van der Waals surface area contributed by atoms with Crippen LogP contribution < -0.4 is 10.1 Å². The molecule has 1 N–H and O–H groups in total. The number of aromatic nitrogens is 2. The van der Waals surface area contributed by atoms with Crippen molar-refractivity contribution in [3.63, 3.8) is 0 Å². The first kappa shape index (κ1) is 14.5. The largest absolute Gasteiger partial charge is 0.486 e. The number of para-hydroxylation sites is 1. The zero-order valence-corrected chi connectivity index (χ0v) is 13.3. The molecule has 5 heteroatoms. The Balaban J connectivity index is 1.86. The van der Waals surface area contributed by atoms with Gasteiger partial charge in [-0.3, -0.25) is 0 Å². The molecule has 21 heavy (non-hydrogen) atoms. The molecule has 1 aromatic carbocycles. The normalized spacial score (nSPS) is 18.9. The molecule has 2 heterocycles. The zero-order chi connectivity index (χ0) is 14.7. The minimum Gasteiger partial charge on any atom is -0.486 e. The molecule has 0 fully saturated rings. The fourth-order valence-corrected chi connectivity index (χ4v) is 3.71. The summed E-state index contributed by atoms with van der Waals surface area (Å²) in [6.45, 7) is 6.08. The number of nitrogens with one attached hydrogen (secondary N) is 1. The van der Waals surface area contributed by atoms with Crippen LogP contribution in [0, 0.1) is 0 Å². The molecule has 1 aliphatic heterocycles. The van der Waals surface area contributed by atoms with Gasteiger partial charge in [-0.25, -0.2) is 4.98 Å². The van der Waals surface area contributed by atoms with Gasteiger partial charge in [-0.05, 0) is 25.6 Å². The third-order valence-corrected chi connectivity index (χ3v) is 4.84. The fraction of sp³-hybridized carbons (Fsp3) is 0.438. The first-order valence-electron chi connectivity index (χ1n) is 7.46. The van der Waals surface area contributed by atoms with Crippen LogP contribution in [0.15, 0.2) is 41.6 Å². The summed E-state index contributed by atoms with van der Waals surface area (Å²) in [5, 5.41) is 3.54. The minimum atomic E-state index is 0.0950. The number of aryl methyl sites for hydroxylation is 1. The van der Waals surface area contributed by atoms with Crippen LogP contribution in [0.3, 0.4) is 0 Å². The van der Waals surface area contributed by atoms with Gasteiger partial charge in [0.15, 0.2) is 0 Å². The molecule has 0 saturated heterocycles. The van der Waals surface area contributed by atoms with Crippen molar-refractivity contribution in [1.29, 1.82) is 0 Å². The van der Waals surface area contributed by atoms with Crippen LogP contribution >= 0.6 is 11.8 Å². The first-order valence-corrected chi connectivity index (χ1v) is 8.45. The molecule has 1 aromatic heterocycles. The average molecular weight is 303 g/mol. The van der Waals surface area contributed by atoms with Crippen molar-refractivity contribution >= 4 is 11.8 Å². The maximum atomic E-state index is 6.23. The summed E-state index contributed by atoms with van der Waals surface area (Å²) in [5.74, 6) is 2.98. The molecule has 0 aliphatic carbocycles. The van der Waals surface area contributed by atoms with Gasteiger partial charge in [0.05, 0.1) is 0 Å². The van der Waals surface area contributed by atoms with E-state index in [9.17, 15) is 0 Å². The lowest BCUT2D eigenvalue weighted by Gasteiger charge is -2.32. The predicted octanol–water partition coefficient (Wildman–Crippen LogP) is 3.11. The third-order valence-electron chi connectivity index (χ3n) is 3.69. The minimum absolute atomic E-state index is 0.0950. The highest BCUT2D eigenvalue weighted by Crippen LogP contribution is 2.38. The Morgan fingerprint density at radius 1 is 1.43 bits per heavy atom. The van der Waals surface area contributed by atoms with Crippen molar-refractivity contribution < 1.29 is 4.74 Å². The summed E-state index contributed by atoms with van der Waals surface area (Å²) in [5.41, 5.74) is 0. The second kappa shape index (κ2) is 6.54. The Morgan fingerprint density at radius 2 is 2.29 bits per heavy atom. The number of imidazole rings is 1. The van der Waals surface area contributed by atoms with Crippen LogP contribution in [0.5, 0.6) is 5.75 Å². The van der Waals surface area contributed by atoms with E-state index in [4.69, 9.17) is 4.74 Å². The standard InChI is InChI=1S/C16H21N3OS/c1-3-17-15(16-18-9-10-19(16)4-2)13-11-21-14-8-6-5-7-12(14)20-13/h5-10,13,15,17H,3-4,11H2,1-2H3. The number of likely N-dealkylation sites (N-methyl/N-ethyl adjacent to an activating group) is 1. The quantitative estimate of drug-likeness (QED) is 0.921. The van der Waals surface area contributed by atoms with Gasteiger partial charge >= 0.3 is 0 Å². The zero-order valence-electron chi connectivity index (χ0n) is 12.5. The maximum Gasteiger partial charge on any atom is 0.133 e. The highest BCUT2D eigenvalue weighted by molar-refractivity contribution is 7.99. The van der Waals surface area contributed by atoms with Crippen LogP contribution in [-0.2, 0) is 6.54 Å². The molecule has 4 nitrogen and oxygen atoms in total. The lowest BCUT2D eigenvalue weighted by Crippen LogP contribution is -2.40. The second-order valence-corrected chi connectivity index (χ2v) is 6.08. The Morgan fingerprint density at radius 3 is 3.10 bits per heavy atom. The van der Waals surface area contributed by atoms with Crippen LogP contribution in [0.4, 0.5) is 0 Å². The maximum absolute atomic E-state index is 6.23. The molecule has 3 rings (SSSR count). The average Bonchev–Trinajstić information content (AvgIpc) is 3.00. The summed E-state index contributed by atoms with van der Waals surface area (Å²) in [6, 6.07) is 8.36. The van der Waals surface area contributed by atoms with E-state index >= 15 is 0 Å². The van der Waals surface area contributed by atoms with E-state index in [1.54, 1.807) is 0 Å². The van der Waals surface area contributed by atoms with E-state index in [1.165, 1.54) is 4.90 Å². The molecule has 2 unspecified atom stereocenters. The van der Waals surface area contributed by atoms with Crippen LogP contribution in [0.1, 0.15) is 25.7 Å². The van der Waals surface area contributed by atoms with Gasteiger partial charge in [-0.15, -0.1) is 11.8 Å². The van der Waals surface area contributed by atoms with E-state index in [2.05, 4.69) is 40.8 Å². The van der Waals surface area contributed by atoms with Gasteiger partial charge in [0.2, 0.25) is 0 Å². The number of benzene rings is 1. The van der Waals surface area contributed by atoms with Crippen LogP contribution in [0.25, 0.3) is 0 Å². The topological polar surface area (TPSA) is 39.1 Å². The number of thioether (sulfide) groups is 1. The lowest BCUT2D eigenvalue weighted by molar-refractivity contribution is 0.161. The summed E-state index contributed by atoms with van der Waals surface area (Å²) in [6.07, 6.45) is 3.99. The van der Waals surface area contributed by atoms with Crippen molar-refractivity contribution in [3.8, 4) is 5.75 Å². The molecule has 1 aliphatic rings. The third kappa shape index (κ3) is 2.94. The van der Waals surface area contributed by atoms with Gasteiger partial charge in [0, 0.05) is 29.6 Å². The smallest absolute Gasteiger partial charge is 0.133 e. The SMILES string of the molecule is CCNC(c1nccn1CC)C1CSc2ccccc2O1. The number of hydrogen-bond acceptors (Lipinski definition) is 4. The second-order valence-electron chi connectivity index (χ2n) is 5.02. The van der Waals surface area contributed by atoms with E-state index < -0.39 is 0 Å². The van der Waals surface area contributed by atoms with Gasteiger partial charge < -0.3 is 14.6 Å². The molecule has 0 radical (unpaired) electrons. The molecular weight excluding hydrogens is 282 g/mol. The molecule has 112 valence electrons. The van der Waals surface area contributed by atoms with Crippen molar-refractivity contribution in [2.75, 3.05) is 12.3 Å². The van der Waals surface area contributed by atoms with Gasteiger partial charge in [-0.2, -0.15) is 0 Å². The Bertz CT molecular complexity index is 599. The van der Waals surface area contributed by atoms with Gasteiger partial charge in [0.25, 0.3) is 0 Å². The number of fused-ring (bicyclic) bond motifs is 1. The monoisotopic (exact) mass is 303 g/mol. The molecule has 0 amide bonds. The highest BCUT2D eigenvalue weighted by atomic mass is 32.2. The molecule has 0 spiro atoms. The lowest BCUT2D eigenvalue weighted by atomic mass is 10.1. The summed E-state index contributed by atoms with van der Waals surface area (Å²) < 4.78 is 8.42. The van der Waals surface area contributed by atoms with Gasteiger partial charge in [0.1, 0.15) is 23.7 Å². The van der Waals surface area contributed by atoms with Crippen molar-refractivity contribution in [3.05, 3.63) is 42.5 Å². The number of nitrogens with zero attached hydrogens (tertiary/aromatic N) is 2. The molecule has 0 bridgehead atoms. The number of rotatable bonds is 5. The van der Waals surface area contributed by atoms with E-state index in [1.807, 2.05) is 36.3 Å². The molecule has 0 saturated carbocycles. The Labute approximate surface area is 129 Å². The van der Waals surface area contributed by atoms with Crippen molar-refractivity contribution in [2.45, 2.75) is 37.4 Å². The molecular formula is C16H21N3OS. The van der Waals surface area contributed by atoms with Crippen LogP contribution in [-0.4, -0.2) is 28.0 Å². The molecule has 2 atom stereocenters. The predicted molar refractivity (Wildman–Crippen MR) is 85.9 cm³/mol. The van der Waals surface area contributed by atoms with Gasteiger partial charge in [-0.1, -0.05) is 19.1 Å². The van der Waals surface area contributed by atoms with Crippen LogP contribution in [0.2, 0.25) is 0 Å². The van der Waals surface area contributed by atoms with E-state index in [0.29, 0.717) is 0 Å². The fourth-order valence-electron chi connectivity index (χ4n) is 2.68. The Hall–Kier alpha value is -1.46. The van der Waals surface area contributed by atoms with Crippen molar-refractivity contribution in [1.82, 2.24) is 14.9 Å². The van der Waals surface area contributed by atoms with E-state index in [-0.39, 0.29) is 12.1 Å². The Kier molecular flexibility index (Phi) is 4.51. The number of ether oxygens (including phenoxy) is 1. The summed E-state index contributed by atoms with van der Waals surface area (Å²) in [7, 11) is 0. The number of hydrogen-bond donors (Lipinski definition) is 1. The molecule has 2 aromatic rings. The summed E-state index contributed by atoms with van der Waals surface area (Å²) >= 11 is 1.86. The van der Waals surface area contributed by atoms with E-state index in [0.717, 1.165) is 30.4 Å². The highest BCUT2D eigenvalue weighted by Gasteiger charge is 2.31. The van der Waals surface area contributed by atoms with Crippen molar-refractivity contribution in [2.24, 2.45) is 0 Å². The first-order chi connectivity index (χ1) is 10.3. The summed E-state index contributed by atoms with van der Waals surface area (Å²) in [4.78, 5) is 5.77.